The summed E-state index contributed by atoms with van der Waals surface area (Å²) in [5.41, 5.74) is 2.29. The van der Waals surface area contributed by atoms with Crippen LogP contribution in [0.25, 0.3) is 11.0 Å². The molecule has 2 heterocycles. The number of fused-ring (bicyclic) bond motifs is 1. The summed E-state index contributed by atoms with van der Waals surface area (Å²) in [5, 5.41) is 3.22. The fraction of sp³-hybridized carbons (Fsp3) is 0.154. The number of hydrogen-bond donors (Lipinski definition) is 1. The van der Waals surface area contributed by atoms with Crippen LogP contribution in [-0.4, -0.2) is 27.8 Å². The number of aromatic nitrogens is 2. The summed E-state index contributed by atoms with van der Waals surface area (Å²) in [6.07, 6.45) is 2.16. The Bertz CT molecular complexity index is 1330. The molecule has 1 amide bonds. The SMILES string of the molecule is Cc1ccc2c(=O)c(C(=O)c3ccccc3)cn(CC(=O)NCCc3ccccc3)c2n1. The van der Waals surface area contributed by atoms with Gasteiger partial charge in [-0.25, -0.2) is 4.98 Å². The van der Waals surface area contributed by atoms with E-state index >= 15 is 0 Å². The van der Waals surface area contributed by atoms with Crippen LogP contribution in [0.5, 0.6) is 0 Å². The van der Waals surface area contributed by atoms with Gasteiger partial charge in [-0.3, -0.25) is 14.4 Å². The third-order valence-corrected chi connectivity index (χ3v) is 5.23. The van der Waals surface area contributed by atoms with Crippen molar-refractivity contribution in [3.8, 4) is 0 Å². The first-order chi connectivity index (χ1) is 15.5. The average Bonchev–Trinajstić information content (AvgIpc) is 2.81. The lowest BCUT2D eigenvalue weighted by Gasteiger charge is -2.13. The van der Waals surface area contributed by atoms with Gasteiger partial charge in [0, 0.05) is 24.0 Å². The van der Waals surface area contributed by atoms with Crippen LogP contribution >= 0.6 is 0 Å². The zero-order valence-electron chi connectivity index (χ0n) is 17.7. The molecule has 0 fully saturated rings. The number of ketones is 1. The Balaban J connectivity index is 1.63. The summed E-state index contributed by atoms with van der Waals surface area (Å²) in [4.78, 5) is 43.2. The molecule has 0 radical (unpaired) electrons. The zero-order valence-corrected chi connectivity index (χ0v) is 17.7. The lowest BCUT2D eigenvalue weighted by molar-refractivity contribution is -0.121. The molecule has 0 unspecified atom stereocenters. The van der Waals surface area contributed by atoms with E-state index in [1.165, 1.54) is 6.20 Å². The van der Waals surface area contributed by atoms with E-state index in [9.17, 15) is 14.4 Å². The second-order valence-electron chi connectivity index (χ2n) is 7.60. The van der Waals surface area contributed by atoms with E-state index in [1.807, 2.05) is 43.3 Å². The first-order valence-corrected chi connectivity index (χ1v) is 10.4. The number of pyridine rings is 2. The van der Waals surface area contributed by atoms with Gasteiger partial charge in [-0.1, -0.05) is 60.7 Å². The standard InChI is InChI=1S/C26H23N3O3/c1-18-12-13-21-25(32)22(24(31)20-10-6-3-7-11-20)16-29(26(21)28-18)17-23(30)27-15-14-19-8-4-2-5-9-19/h2-13,16H,14-15,17H2,1H3,(H,27,30). The van der Waals surface area contributed by atoms with Gasteiger partial charge < -0.3 is 9.88 Å². The number of amides is 1. The van der Waals surface area contributed by atoms with Crippen LogP contribution in [-0.2, 0) is 17.8 Å². The summed E-state index contributed by atoms with van der Waals surface area (Å²) >= 11 is 0. The summed E-state index contributed by atoms with van der Waals surface area (Å²) in [6, 6.07) is 21.9. The number of rotatable bonds is 7. The van der Waals surface area contributed by atoms with Crippen molar-refractivity contribution in [3.63, 3.8) is 0 Å². The van der Waals surface area contributed by atoms with E-state index in [4.69, 9.17) is 0 Å². The van der Waals surface area contributed by atoms with Crippen LogP contribution < -0.4 is 10.7 Å². The van der Waals surface area contributed by atoms with E-state index in [2.05, 4.69) is 10.3 Å². The van der Waals surface area contributed by atoms with Crippen LogP contribution in [0.4, 0.5) is 0 Å². The maximum absolute atomic E-state index is 13.0. The first kappa shape index (κ1) is 21.2. The third kappa shape index (κ3) is 4.64. The summed E-state index contributed by atoms with van der Waals surface area (Å²) in [7, 11) is 0. The normalized spacial score (nSPS) is 10.8. The molecule has 32 heavy (non-hydrogen) atoms. The summed E-state index contributed by atoms with van der Waals surface area (Å²) < 4.78 is 1.58. The predicted octanol–water partition coefficient (Wildman–Crippen LogP) is 3.29. The highest BCUT2D eigenvalue weighted by Crippen LogP contribution is 2.14. The number of carbonyl (C=O) groups is 2. The number of carbonyl (C=O) groups excluding carboxylic acids is 2. The van der Waals surface area contributed by atoms with E-state index < -0.39 is 0 Å². The molecule has 0 bridgehead atoms. The van der Waals surface area contributed by atoms with Gasteiger partial charge >= 0.3 is 0 Å². The molecule has 0 spiro atoms. The highest BCUT2D eigenvalue weighted by Gasteiger charge is 2.18. The second-order valence-corrected chi connectivity index (χ2v) is 7.60. The quantitative estimate of drug-likeness (QED) is 0.461. The van der Waals surface area contributed by atoms with Crippen molar-refractivity contribution in [2.45, 2.75) is 19.9 Å². The number of aryl methyl sites for hydroxylation is 1. The number of nitrogens with zero attached hydrogens (tertiary/aromatic N) is 2. The van der Waals surface area contributed by atoms with Gasteiger partial charge in [0.1, 0.15) is 12.2 Å². The van der Waals surface area contributed by atoms with E-state index in [-0.39, 0.29) is 29.2 Å². The lowest BCUT2D eigenvalue weighted by atomic mass is 10.0. The molecule has 1 N–H and O–H groups in total. The molecule has 0 saturated heterocycles. The maximum atomic E-state index is 13.0. The van der Waals surface area contributed by atoms with E-state index in [0.717, 1.165) is 11.3 Å². The predicted molar refractivity (Wildman–Crippen MR) is 124 cm³/mol. The molecular formula is C26H23N3O3. The molecule has 0 aliphatic carbocycles. The summed E-state index contributed by atoms with van der Waals surface area (Å²) in [5.74, 6) is -0.594. The van der Waals surface area contributed by atoms with Crippen LogP contribution in [0, 0.1) is 6.92 Å². The number of nitrogens with one attached hydrogen (secondary N) is 1. The van der Waals surface area contributed by atoms with Gasteiger partial charge in [0.25, 0.3) is 0 Å². The van der Waals surface area contributed by atoms with Crippen molar-refractivity contribution < 1.29 is 9.59 Å². The highest BCUT2D eigenvalue weighted by molar-refractivity contribution is 6.10. The zero-order chi connectivity index (χ0) is 22.5. The van der Waals surface area contributed by atoms with Crippen molar-refractivity contribution in [2.24, 2.45) is 0 Å². The fourth-order valence-electron chi connectivity index (χ4n) is 3.59. The minimum Gasteiger partial charge on any atom is -0.354 e. The fourth-order valence-corrected chi connectivity index (χ4v) is 3.59. The van der Waals surface area contributed by atoms with Gasteiger partial charge in [-0.2, -0.15) is 0 Å². The van der Waals surface area contributed by atoms with Gasteiger partial charge in [0.2, 0.25) is 11.3 Å². The van der Waals surface area contributed by atoms with Crippen molar-refractivity contribution in [3.05, 3.63) is 112 Å². The largest absolute Gasteiger partial charge is 0.354 e. The molecule has 160 valence electrons. The van der Waals surface area contributed by atoms with Crippen molar-refractivity contribution in [2.75, 3.05) is 6.54 Å². The minimum atomic E-state index is -0.387. The molecule has 0 aliphatic heterocycles. The lowest BCUT2D eigenvalue weighted by Crippen LogP contribution is -2.31. The topological polar surface area (TPSA) is 81.1 Å². The van der Waals surface area contributed by atoms with Crippen LogP contribution in [0.1, 0.15) is 27.2 Å². The minimum absolute atomic E-state index is 0.0199. The van der Waals surface area contributed by atoms with Crippen LogP contribution in [0.3, 0.4) is 0 Å². The Morgan fingerprint density at radius 1 is 0.938 bits per heavy atom. The van der Waals surface area contributed by atoms with Crippen LogP contribution in [0.2, 0.25) is 0 Å². The molecule has 0 saturated carbocycles. The Kier molecular flexibility index (Phi) is 6.22. The molecular weight excluding hydrogens is 402 g/mol. The maximum Gasteiger partial charge on any atom is 0.240 e. The van der Waals surface area contributed by atoms with E-state index in [1.54, 1.807) is 41.0 Å². The number of hydrogen-bond acceptors (Lipinski definition) is 4. The molecule has 0 aliphatic rings. The molecule has 4 rings (SSSR count). The Labute approximate surface area is 185 Å². The molecule has 2 aromatic carbocycles. The van der Waals surface area contributed by atoms with Crippen LogP contribution in [0.15, 0.2) is 83.8 Å². The van der Waals surface area contributed by atoms with Crippen molar-refractivity contribution in [1.29, 1.82) is 0 Å². The van der Waals surface area contributed by atoms with Gasteiger partial charge in [0.15, 0.2) is 5.78 Å². The third-order valence-electron chi connectivity index (χ3n) is 5.23. The number of benzene rings is 2. The van der Waals surface area contributed by atoms with Crippen molar-refractivity contribution >= 4 is 22.7 Å². The van der Waals surface area contributed by atoms with Gasteiger partial charge in [-0.05, 0) is 31.0 Å². The molecule has 2 aromatic heterocycles. The first-order valence-electron chi connectivity index (χ1n) is 10.4. The monoisotopic (exact) mass is 425 g/mol. The second kappa shape index (κ2) is 9.39. The Morgan fingerprint density at radius 2 is 1.62 bits per heavy atom. The smallest absolute Gasteiger partial charge is 0.240 e. The van der Waals surface area contributed by atoms with Crippen molar-refractivity contribution in [1.82, 2.24) is 14.9 Å². The highest BCUT2D eigenvalue weighted by atomic mass is 16.2. The molecule has 4 aromatic rings. The average molecular weight is 425 g/mol. The summed E-state index contributed by atoms with van der Waals surface area (Å²) in [6.45, 7) is 2.26. The molecule has 0 atom stereocenters. The van der Waals surface area contributed by atoms with Gasteiger partial charge in [0.05, 0.1) is 10.9 Å². The molecule has 6 heteroatoms. The Morgan fingerprint density at radius 3 is 2.34 bits per heavy atom. The van der Waals surface area contributed by atoms with Gasteiger partial charge in [-0.15, -0.1) is 0 Å². The molecule has 6 nitrogen and oxygen atoms in total. The Hall–Kier alpha value is -4.06. The van der Waals surface area contributed by atoms with E-state index in [0.29, 0.717) is 29.6 Å².